The number of hydrogen-bond acceptors (Lipinski definition) is 5. The van der Waals surface area contributed by atoms with E-state index in [1.807, 2.05) is 31.2 Å². The number of nitrogens with zero attached hydrogens (tertiary/aromatic N) is 1. The van der Waals surface area contributed by atoms with Crippen LogP contribution in [-0.2, 0) is 24.7 Å². The fourth-order valence-corrected chi connectivity index (χ4v) is 5.43. The van der Waals surface area contributed by atoms with Gasteiger partial charge in [-0.3, -0.25) is 4.79 Å². The van der Waals surface area contributed by atoms with Gasteiger partial charge < -0.3 is 5.32 Å². The zero-order valence-corrected chi connectivity index (χ0v) is 18.0. The number of rotatable bonds is 5. The maximum absolute atomic E-state index is 12.8. The average molecular weight is 437 g/mol. The van der Waals surface area contributed by atoms with Crippen LogP contribution in [0.1, 0.15) is 18.4 Å². The molecule has 0 aliphatic carbocycles. The molecule has 1 aliphatic rings. The molecule has 1 fully saturated rings. The molecule has 0 unspecified atom stereocenters. The first-order valence-corrected chi connectivity index (χ1v) is 12.6. The number of anilines is 1. The van der Waals surface area contributed by atoms with E-state index in [0.717, 1.165) is 17.5 Å². The number of sulfonamides is 1. The molecule has 1 saturated heterocycles. The SMILES string of the molecule is Cc1cccc(NC(=O)C2CCN(S(=O)(=O)c3ccc(S(C)(=O)=O)cc3)CC2)c1. The van der Waals surface area contributed by atoms with Gasteiger partial charge in [0.05, 0.1) is 9.79 Å². The van der Waals surface area contributed by atoms with Gasteiger partial charge in [0.25, 0.3) is 0 Å². The maximum atomic E-state index is 12.8. The Labute approximate surface area is 171 Å². The fraction of sp³-hybridized carbons (Fsp3) is 0.350. The molecule has 0 saturated carbocycles. The van der Waals surface area contributed by atoms with E-state index in [2.05, 4.69) is 5.32 Å². The summed E-state index contributed by atoms with van der Waals surface area (Å²) in [4.78, 5) is 12.6. The summed E-state index contributed by atoms with van der Waals surface area (Å²) < 4.78 is 50.1. The average Bonchev–Trinajstić information content (AvgIpc) is 2.67. The Bertz CT molecular complexity index is 1100. The van der Waals surface area contributed by atoms with Gasteiger partial charge in [-0.05, 0) is 61.7 Å². The lowest BCUT2D eigenvalue weighted by molar-refractivity contribution is -0.120. The lowest BCUT2D eigenvalue weighted by Gasteiger charge is -2.30. The number of nitrogens with one attached hydrogen (secondary N) is 1. The minimum atomic E-state index is -3.73. The van der Waals surface area contributed by atoms with Crippen molar-refractivity contribution in [3.8, 4) is 0 Å². The van der Waals surface area contributed by atoms with E-state index < -0.39 is 19.9 Å². The van der Waals surface area contributed by atoms with Crippen LogP contribution in [-0.4, -0.2) is 46.4 Å². The number of carbonyl (C=O) groups excluding carboxylic acids is 1. The summed E-state index contributed by atoms with van der Waals surface area (Å²) in [5, 5.41) is 2.89. The molecule has 9 heteroatoms. The van der Waals surface area contributed by atoms with E-state index in [-0.39, 0.29) is 34.7 Å². The van der Waals surface area contributed by atoms with E-state index in [1.165, 1.54) is 28.6 Å². The quantitative estimate of drug-likeness (QED) is 0.776. The van der Waals surface area contributed by atoms with Crippen LogP contribution in [0, 0.1) is 12.8 Å². The van der Waals surface area contributed by atoms with Gasteiger partial charge in [0.15, 0.2) is 9.84 Å². The molecule has 156 valence electrons. The molecule has 1 amide bonds. The lowest BCUT2D eigenvalue weighted by Crippen LogP contribution is -2.41. The Morgan fingerprint density at radius 1 is 0.966 bits per heavy atom. The Kier molecular flexibility index (Phi) is 6.11. The first-order chi connectivity index (χ1) is 13.6. The number of aryl methyl sites for hydroxylation is 1. The molecule has 0 radical (unpaired) electrons. The van der Waals surface area contributed by atoms with E-state index >= 15 is 0 Å². The third kappa shape index (κ3) is 5.04. The molecule has 1 heterocycles. The molecule has 0 aromatic heterocycles. The van der Waals surface area contributed by atoms with Crippen LogP contribution < -0.4 is 5.32 Å². The van der Waals surface area contributed by atoms with Crippen molar-refractivity contribution in [3.05, 3.63) is 54.1 Å². The summed E-state index contributed by atoms with van der Waals surface area (Å²) in [6, 6.07) is 12.7. The second-order valence-electron chi connectivity index (χ2n) is 7.28. The third-order valence-electron chi connectivity index (χ3n) is 5.00. The van der Waals surface area contributed by atoms with Crippen LogP contribution in [0.2, 0.25) is 0 Å². The van der Waals surface area contributed by atoms with E-state index in [0.29, 0.717) is 12.8 Å². The van der Waals surface area contributed by atoms with Gasteiger partial charge in [-0.1, -0.05) is 12.1 Å². The molecule has 2 aromatic carbocycles. The number of amides is 1. The Balaban J connectivity index is 1.64. The predicted octanol–water partition coefficient (Wildman–Crippen LogP) is 2.44. The summed E-state index contributed by atoms with van der Waals surface area (Å²) in [5.74, 6) is -0.361. The minimum Gasteiger partial charge on any atom is -0.326 e. The highest BCUT2D eigenvalue weighted by Gasteiger charge is 2.32. The minimum absolute atomic E-state index is 0.0487. The van der Waals surface area contributed by atoms with Gasteiger partial charge in [0.1, 0.15) is 0 Å². The molecular weight excluding hydrogens is 412 g/mol. The Morgan fingerprint density at radius 2 is 1.55 bits per heavy atom. The van der Waals surface area contributed by atoms with Gasteiger partial charge in [-0.2, -0.15) is 4.31 Å². The molecule has 1 N–H and O–H groups in total. The van der Waals surface area contributed by atoms with Crippen LogP contribution in [0.15, 0.2) is 58.3 Å². The van der Waals surface area contributed by atoms with Crippen LogP contribution in [0.4, 0.5) is 5.69 Å². The highest BCUT2D eigenvalue weighted by molar-refractivity contribution is 7.90. The monoisotopic (exact) mass is 436 g/mol. The van der Waals surface area contributed by atoms with E-state index in [1.54, 1.807) is 0 Å². The van der Waals surface area contributed by atoms with Gasteiger partial charge in [0, 0.05) is 31.0 Å². The van der Waals surface area contributed by atoms with Crippen LogP contribution in [0.5, 0.6) is 0 Å². The summed E-state index contributed by atoms with van der Waals surface area (Å²) >= 11 is 0. The fourth-order valence-electron chi connectivity index (χ4n) is 3.33. The smallest absolute Gasteiger partial charge is 0.243 e. The topological polar surface area (TPSA) is 101 Å². The summed E-state index contributed by atoms with van der Waals surface area (Å²) in [6.07, 6.45) is 1.93. The van der Waals surface area contributed by atoms with E-state index in [4.69, 9.17) is 0 Å². The number of piperidine rings is 1. The molecule has 29 heavy (non-hydrogen) atoms. The summed E-state index contributed by atoms with van der Waals surface area (Å²) in [6.45, 7) is 2.42. The second kappa shape index (κ2) is 8.25. The van der Waals surface area contributed by atoms with Gasteiger partial charge in [-0.25, -0.2) is 16.8 Å². The van der Waals surface area contributed by atoms with Crippen molar-refractivity contribution in [1.29, 1.82) is 0 Å². The zero-order valence-electron chi connectivity index (χ0n) is 16.3. The number of hydrogen-bond donors (Lipinski definition) is 1. The van der Waals surface area contributed by atoms with Crippen molar-refractivity contribution in [1.82, 2.24) is 4.31 Å². The maximum Gasteiger partial charge on any atom is 0.243 e. The molecule has 7 nitrogen and oxygen atoms in total. The normalized spacial score (nSPS) is 16.5. The van der Waals surface area contributed by atoms with Crippen molar-refractivity contribution in [2.45, 2.75) is 29.6 Å². The predicted molar refractivity (Wildman–Crippen MR) is 111 cm³/mol. The van der Waals surface area contributed by atoms with Crippen molar-refractivity contribution < 1.29 is 21.6 Å². The lowest BCUT2D eigenvalue weighted by atomic mass is 9.97. The first kappa shape index (κ1) is 21.5. The standard InChI is InChI=1S/C20H24N2O5S2/c1-15-4-3-5-17(14-15)21-20(23)16-10-12-22(13-11-16)29(26,27)19-8-6-18(7-9-19)28(2,24)25/h3-9,14,16H,10-13H2,1-2H3,(H,21,23). The van der Waals surface area contributed by atoms with Crippen molar-refractivity contribution >= 4 is 31.5 Å². The molecule has 0 atom stereocenters. The Hall–Kier alpha value is -2.23. The third-order valence-corrected chi connectivity index (χ3v) is 8.04. The molecule has 0 spiro atoms. The van der Waals surface area contributed by atoms with Gasteiger partial charge in [-0.15, -0.1) is 0 Å². The highest BCUT2D eigenvalue weighted by atomic mass is 32.2. The van der Waals surface area contributed by atoms with Crippen LogP contribution in [0.25, 0.3) is 0 Å². The molecule has 1 aliphatic heterocycles. The van der Waals surface area contributed by atoms with Crippen molar-refractivity contribution in [2.75, 3.05) is 24.7 Å². The largest absolute Gasteiger partial charge is 0.326 e. The van der Waals surface area contributed by atoms with Gasteiger partial charge in [0.2, 0.25) is 15.9 Å². The van der Waals surface area contributed by atoms with Gasteiger partial charge >= 0.3 is 0 Å². The highest BCUT2D eigenvalue weighted by Crippen LogP contribution is 2.25. The summed E-state index contributed by atoms with van der Waals surface area (Å²) in [5.41, 5.74) is 1.78. The number of carbonyl (C=O) groups is 1. The summed E-state index contributed by atoms with van der Waals surface area (Å²) in [7, 11) is -7.12. The first-order valence-electron chi connectivity index (χ1n) is 9.25. The molecule has 2 aromatic rings. The van der Waals surface area contributed by atoms with Crippen molar-refractivity contribution in [3.63, 3.8) is 0 Å². The Morgan fingerprint density at radius 3 is 2.10 bits per heavy atom. The number of sulfone groups is 1. The molecule has 3 rings (SSSR count). The van der Waals surface area contributed by atoms with E-state index in [9.17, 15) is 21.6 Å². The number of benzene rings is 2. The molecule has 0 bridgehead atoms. The van der Waals surface area contributed by atoms with Crippen molar-refractivity contribution in [2.24, 2.45) is 5.92 Å². The van der Waals surface area contributed by atoms with Crippen LogP contribution in [0.3, 0.4) is 0 Å². The zero-order chi connectivity index (χ0) is 21.2. The second-order valence-corrected chi connectivity index (χ2v) is 11.2. The van der Waals surface area contributed by atoms with Crippen LogP contribution >= 0.6 is 0 Å². The molecular formula is C20H24N2O5S2.